The van der Waals surface area contributed by atoms with Gasteiger partial charge in [-0.25, -0.2) is 13.1 Å². The fourth-order valence-corrected chi connectivity index (χ4v) is 3.12. The number of aryl methyl sites for hydroxylation is 1. The van der Waals surface area contributed by atoms with Crippen LogP contribution in [0.5, 0.6) is 0 Å². The van der Waals surface area contributed by atoms with E-state index in [-0.39, 0.29) is 11.4 Å². The molecule has 0 aliphatic heterocycles. The second-order valence-corrected chi connectivity index (χ2v) is 6.18. The van der Waals surface area contributed by atoms with Gasteiger partial charge in [0.25, 0.3) is 0 Å². The van der Waals surface area contributed by atoms with Crippen LogP contribution in [0, 0.1) is 6.92 Å². The minimum absolute atomic E-state index is 0.106. The highest BCUT2D eigenvalue weighted by atomic mass is 32.2. The molecule has 6 nitrogen and oxygen atoms in total. The van der Waals surface area contributed by atoms with Gasteiger partial charge < -0.3 is 9.84 Å². The molecule has 20 heavy (non-hydrogen) atoms. The van der Waals surface area contributed by atoms with Gasteiger partial charge in [0.2, 0.25) is 10.0 Å². The number of rotatable bonds is 6. The molecule has 1 heterocycles. The molecular formula is C13H17N3O3S. The van der Waals surface area contributed by atoms with Crippen molar-refractivity contribution in [2.24, 2.45) is 0 Å². The first-order valence-electron chi connectivity index (χ1n) is 6.16. The van der Waals surface area contributed by atoms with E-state index in [4.69, 9.17) is 0 Å². The normalized spacial score (nSPS) is 11.7. The van der Waals surface area contributed by atoms with Crippen LogP contribution in [-0.4, -0.2) is 20.6 Å². The van der Waals surface area contributed by atoms with Crippen molar-refractivity contribution in [3.8, 4) is 0 Å². The molecular weight excluding hydrogens is 278 g/mol. The predicted octanol–water partition coefficient (Wildman–Crippen LogP) is 1.18. The summed E-state index contributed by atoms with van der Waals surface area (Å²) in [6.45, 7) is 2.49. The molecule has 0 saturated carbocycles. The van der Waals surface area contributed by atoms with Crippen LogP contribution in [0.1, 0.15) is 16.8 Å². The highest BCUT2D eigenvalue weighted by molar-refractivity contribution is 7.89. The summed E-state index contributed by atoms with van der Waals surface area (Å²) >= 11 is 0. The van der Waals surface area contributed by atoms with Crippen LogP contribution >= 0.6 is 0 Å². The summed E-state index contributed by atoms with van der Waals surface area (Å²) < 4.78 is 31.8. The zero-order chi connectivity index (χ0) is 14.6. The van der Waals surface area contributed by atoms with Crippen LogP contribution in [0.2, 0.25) is 0 Å². The van der Waals surface area contributed by atoms with Gasteiger partial charge >= 0.3 is 0 Å². The van der Waals surface area contributed by atoms with Crippen LogP contribution in [-0.2, 0) is 23.1 Å². The van der Waals surface area contributed by atoms with Gasteiger partial charge in [-0.3, -0.25) is 0 Å². The Balaban J connectivity index is 2.21. The average Bonchev–Trinajstić information content (AvgIpc) is 2.92. The summed E-state index contributed by atoms with van der Waals surface area (Å²) in [6, 6.07) is 7.00. The molecule has 0 bridgehead atoms. The maximum absolute atomic E-state index is 12.3. The minimum Gasteiger partial charge on any atom is -0.364 e. The molecule has 0 aliphatic carbocycles. The second kappa shape index (κ2) is 6.17. The molecule has 0 unspecified atom stereocenters. The van der Waals surface area contributed by atoms with Gasteiger partial charge in [0, 0.05) is 12.6 Å². The number of hydrogen-bond donors (Lipinski definition) is 2. The van der Waals surface area contributed by atoms with E-state index in [0.29, 0.717) is 17.8 Å². The van der Waals surface area contributed by atoms with Crippen molar-refractivity contribution < 1.29 is 12.9 Å². The highest BCUT2D eigenvalue weighted by Crippen LogP contribution is 2.17. The summed E-state index contributed by atoms with van der Waals surface area (Å²) in [6.07, 6.45) is 1.41. The average molecular weight is 295 g/mol. The first-order valence-corrected chi connectivity index (χ1v) is 7.64. The molecule has 108 valence electrons. The molecule has 0 spiro atoms. The smallest absolute Gasteiger partial charge is 0.241 e. The van der Waals surface area contributed by atoms with Crippen LogP contribution in [0.4, 0.5) is 0 Å². The minimum atomic E-state index is -3.57. The van der Waals surface area contributed by atoms with Gasteiger partial charge in [-0.05, 0) is 31.2 Å². The second-order valence-electron chi connectivity index (χ2n) is 4.45. The van der Waals surface area contributed by atoms with Gasteiger partial charge in [0.1, 0.15) is 6.26 Å². The predicted molar refractivity (Wildman–Crippen MR) is 74.5 cm³/mol. The molecule has 7 heteroatoms. The Kier molecular flexibility index (Phi) is 4.53. The zero-order valence-corrected chi connectivity index (χ0v) is 12.2. The summed E-state index contributed by atoms with van der Waals surface area (Å²) in [4.78, 5) is 0.286. The SMILES string of the molecule is CNCc1ccc(C)c(S(=O)(=O)NCc2ccon2)c1. The van der Waals surface area contributed by atoms with Crippen molar-refractivity contribution in [3.05, 3.63) is 47.3 Å². The Morgan fingerprint density at radius 1 is 1.25 bits per heavy atom. The van der Waals surface area contributed by atoms with E-state index in [1.54, 1.807) is 25.1 Å². The van der Waals surface area contributed by atoms with Gasteiger partial charge in [-0.15, -0.1) is 0 Å². The molecule has 2 rings (SSSR count). The standard InChI is InChI=1S/C13H17N3O3S/c1-10-3-4-11(8-14-2)7-13(10)20(17,18)15-9-12-5-6-19-16-12/h3-7,14-15H,8-9H2,1-2H3. The van der Waals surface area contributed by atoms with Crippen LogP contribution in [0.15, 0.2) is 39.9 Å². The van der Waals surface area contributed by atoms with Crippen molar-refractivity contribution in [3.63, 3.8) is 0 Å². The van der Waals surface area contributed by atoms with Gasteiger partial charge in [0.15, 0.2) is 0 Å². The Morgan fingerprint density at radius 3 is 2.70 bits per heavy atom. The molecule has 0 radical (unpaired) electrons. The maximum atomic E-state index is 12.3. The molecule has 0 saturated heterocycles. The van der Waals surface area contributed by atoms with E-state index in [2.05, 4.69) is 19.7 Å². The lowest BCUT2D eigenvalue weighted by molar-refractivity contribution is 0.411. The Bertz CT molecular complexity index is 666. The highest BCUT2D eigenvalue weighted by Gasteiger charge is 2.17. The van der Waals surface area contributed by atoms with Gasteiger partial charge in [0.05, 0.1) is 17.1 Å². The molecule has 0 fully saturated rings. The number of aromatic nitrogens is 1. The van der Waals surface area contributed by atoms with Crippen LogP contribution in [0.3, 0.4) is 0 Å². The van der Waals surface area contributed by atoms with Crippen molar-refractivity contribution in [1.82, 2.24) is 15.2 Å². The summed E-state index contributed by atoms with van der Waals surface area (Å²) in [7, 11) is -1.75. The number of benzene rings is 1. The Morgan fingerprint density at radius 2 is 2.05 bits per heavy atom. The Labute approximate surface area is 118 Å². The number of sulfonamides is 1. The summed E-state index contributed by atoms with van der Waals surface area (Å²) in [5.41, 5.74) is 2.16. The summed E-state index contributed by atoms with van der Waals surface area (Å²) in [5.74, 6) is 0. The fraction of sp³-hybridized carbons (Fsp3) is 0.308. The molecule has 0 aliphatic rings. The third-order valence-corrected chi connectivity index (χ3v) is 4.40. The Hall–Kier alpha value is -1.70. The third kappa shape index (κ3) is 3.44. The quantitative estimate of drug-likeness (QED) is 0.836. The van der Waals surface area contributed by atoms with Crippen molar-refractivity contribution in [2.45, 2.75) is 24.9 Å². The number of hydrogen-bond acceptors (Lipinski definition) is 5. The maximum Gasteiger partial charge on any atom is 0.241 e. The van der Waals surface area contributed by atoms with E-state index in [1.807, 2.05) is 13.1 Å². The topological polar surface area (TPSA) is 84.2 Å². The third-order valence-electron chi connectivity index (χ3n) is 2.86. The van der Waals surface area contributed by atoms with Crippen molar-refractivity contribution >= 4 is 10.0 Å². The van der Waals surface area contributed by atoms with Crippen LogP contribution in [0.25, 0.3) is 0 Å². The molecule has 0 atom stereocenters. The lowest BCUT2D eigenvalue weighted by Gasteiger charge is -2.10. The first-order chi connectivity index (χ1) is 9.53. The molecule has 1 aromatic carbocycles. The first kappa shape index (κ1) is 14.7. The molecule has 1 aromatic heterocycles. The zero-order valence-electron chi connectivity index (χ0n) is 11.4. The number of nitrogens with one attached hydrogen (secondary N) is 2. The molecule has 2 N–H and O–H groups in total. The lowest BCUT2D eigenvalue weighted by Crippen LogP contribution is -2.24. The van der Waals surface area contributed by atoms with E-state index in [1.165, 1.54) is 6.26 Å². The monoisotopic (exact) mass is 295 g/mol. The lowest BCUT2D eigenvalue weighted by atomic mass is 10.1. The van der Waals surface area contributed by atoms with Crippen molar-refractivity contribution in [1.29, 1.82) is 0 Å². The van der Waals surface area contributed by atoms with Crippen molar-refractivity contribution in [2.75, 3.05) is 7.05 Å². The van der Waals surface area contributed by atoms with E-state index in [0.717, 1.165) is 5.56 Å². The number of nitrogens with zero attached hydrogens (tertiary/aromatic N) is 1. The van der Waals surface area contributed by atoms with E-state index < -0.39 is 10.0 Å². The molecule has 2 aromatic rings. The molecule has 0 amide bonds. The van der Waals surface area contributed by atoms with E-state index in [9.17, 15) is 8.42 Å². The largest absolute Gasteiger partial charge is 0.364 e. The summed E-state index contributed by atoms with van der Waals surface area (Å²) in [5, 5.41) is 6.67. The fourth-order valence-electron chi connectivity index (χ4n) is 1.82. The van der Waals surface area contributed by atoms with Crippen LogP contribution < -0.4 is 10.0 Å². The van der Waals surface area contributed by atoms with Gasteiger partial charge in [-0.2, -0.15) is 0 Å². The van der Waals surface area contributed by atoms with E-state index >= 15 is 0 Å². The van der Waals surface area contributed by atoms with Gasteiger partial charge in [-0.1, -0.05) is 17.3 Å².